The molecule has 132 valence electrons. The zero-order valence-corrected chi connectivity index (χ0v) is 15.2. The number of hydrogen-bond acceptors (Lipinski definition) is 6. The van der Waals surface area contributed by atoms with Crippen LogP contribution in [0.3, 0.4) is 0 Å². The van der Waals surface area contributed by atoms with E-state index in [1.807, 2.05) is 23.6 Å². The highest BCUT2D eigenvalue weighted by Gasteiger charge is 2.34. The maximum absolute atomic E-state index is 12.4. The number of ether oxygens (including phenoxy) is 1. The minimum Gasteiger partial charge on any atom is -0.484 e. The Morgan fingerprint density at radius 1 is 1.32 bits per heavy atom. The van der Waals surface area contributed by atoms with Gasteiger partial charge in [-0.1, -0.05) is 18.2 Å². The van der Waals surface area contributed by atoms with Gasteiger partial charge in [-0.3, -0.25) is 9.59 Å². The summed E-state index contributed by atoms with van der Waals surface area (Å²) in [5.74, 6) is 1.48. The standard InChI is InChI=1S/C17H19N3O3S2/c21-16(8-23-14-4-2-1-3-5-14)20-12-25-10-15(20)17(22)18-7-6-13-9-24-11-19-13/h1-5,9,11,15H,6-8,10,12H2,(H,18,22)/t15-/m1/s1. The predicted molar refractivity (Wildman–Crippen MR) is 98.7 cm³/mol. The number of aromatic nitrogens is 1. The van der Waals surface area contributed by atoms with E-state index in [1.54, 1.807) is 34.3 Å². The SMILES string of the molecule is O=C(NCCc1cscn1)[C@H]1CSCN1C(=O)COc1ccccc1. The first-order chi connectivity index (χ1) is 12.2. The lowest BCUT2D eigenvalue weighted by Crippen LogP contribution is -2.48. The summed E-state index contributed by atoms with van der Waals surface area (Å²) in [4.78, 5) is 30.6. The average molecular weight is 377 g/mol. The lowest BCUT2D eigenvalue weighted by atomic mass is 10.2. The largest absolute Gasteiger partial charge is 0.484 e. The molecule has 0 bridgehead atoms. The number of nitrogens with zero attached hydrogens (tertiary/aromatic N) is 2. The number of thiazole rings is 1. The predicted octanol–water partition coefficient (Wildman–Crippen LogP) is 1.78. The third-order valence-electron chi connectivity index (χ3n) is 3.77. The quantitative estimate of drug-likeness (QED) is 0.796. The molecule has 1 fully saturated rings. The van der Waals surface area contributed by atoms with E-state index in [9.17, 15) is 9.59 Å². The van der Waals surface area contributed by atoms with Gasteiger partial charge in [0, 0.05) is 24.1 Å². The number of rotatable bonds is 7. The molecule has 25 heavy (non-hydrogen) atoms. The van der Waals surface area contributed by atoms with E-state index in [0.717, 1.165) is 5.69 Å². The van der Waals surface area contributed by atoms with E-state index >= 15 is 0 Å². The van der Waals surface area contributed by atoms with Gasteiger partial charge in [0.15, 0.2) is 6.61 Å². The van der Waals surface area contributed by atoms with Crippen molar-refractivity contribution in [2.45, 2.75) is 12.5 Å². The molecule has 1 saturated heterocycles. The average Bonchev–Trinajstić information content (AvgIpc) is 3.32. The van der Waals surface area contributed by atoms with Crippen LogP contribution in [0, 0.1) is 0 Å². The highest BCUT2D eigenvalue weighted by molar-refractivity contribution is 7.99. The van der Waals surface area contributed by atoms with Crippen LogP contribution in [0.2, 0.25) is 0 Å². The van der Waals surface area contributed by atoms with Crippen LogP contribution in [0.5, 0.6) is 5.75 Å². The normalized spacial score (nSPS) is 16.6. The van der Waals surface area contributed by atoms with Crippen molar-refractivity contribution >= 4 is 34.9 Å². The van der Waals surface area contributed by atoms with Gasteiger partial charge in [0.05, 0.1) is 17.1 Å². The Morgan fingerprint density at radius 3 is 2.92 bits per heavy atom. The fourth-order valence-corrected chi connectivity index (χ4v) is 4.22. The van der Waals surface area contributed by atoms with Gasteiger partial charge in [-0.15, -0.1) is 23.1 Å². The Labute approximate surface area is 154 Å². The molecule has 1 aliphatic rings. The fourth-order valence-electron chi connectivity index (χ4n) is 2.44. The molecule has 0 saturated carbocycles. The van der Waals surface area contributed by atoms with Crippen LogP contribution in [0.25, 0.3) is 0 Å². The van der Waals surface area contributed by atoms with Crippen molar-refractivity contribution in [2.24, 2.45) is 0 Å². The molecule has 2 aromatic rings. The Bertz CT molecular complexity index is 694. The number of thioether (sulfide) groups is 1. The monoisotopic (exact) mass is 377 g/mol. The van der Waals surface area contributed by atoms with E-state index in [2.05, 4.69) is 10.3 Å². The topological polar surface area (TPSA) is 71.5 Å². The minimum atomic E-state index is -0.438. The molecule has 2 heterocycles. The van der Waals surface area contributed by atoms with Crippen molar-refractivity contribution in [3.8, 4) is 5.75 Å². The molecule has 0 aliphatic carbocycles. The molecule has 1 aliphatic heterocycles. The molecule has 1 atom stereocenters. The highest BCUT2D eigenvalue weighted by atomic mass is 32.2. The summed E-state index contributed by atoms with van der Waals surface area (Å²) in [7, 11) is 0. The number of carbonyl (C=O) groups is 2. The number of amides is 2. The first-order valence-corrected chi connectivity index (χ1v) is 10.0. The van der Waals surface area contributed by atoms with Gasteiger partial charge >= 0.3 is 0 Å². The Hall–Kier alpha value is -2.06. The fraction of sp³-hybridized carbons (Fsp3) is 0.353. The second-order valence-corrected chi connectivity index (χ2v) is 7.22. The van der Waals surface area contributed by atoms with Crippen LogP contribution >= 0.6 is 23.1 Å². The third-order valence-corrected chi connectivity index (χ3v) is 5.42. The highest BCUT2D eigenvalue weighted by Crippen LogP contribution is 2.21. The summed E-state index contributed by atoms with van der Waals surface area (Å²) in [5.41, 5.74) is 2.74. The van der Waals surface area contributed by atoms with Gasteiger partial charge in [0.2, 0.25) is 5.91 Å². The summed E-state index contributed by atoms with van der Waals surface area (Å²) in [6, 6.07) is 8.75. The van der Waals surface area contributed by atoms with Gasteiger partial charge < -0.3 is 15.0 Å². The summed E-state index contributed by atoms with van der Waals surface area (Å²) < 4.78 is 5.50. The number of nitrogens with one attached hydrogen (secondary N) is 1. The van der Waals surface area contributed by atoms with Crippen LogP contribution in [0.4, 0.5) is 0 Å². The zero-order chi connectivity index (χ0) is 17.5. The molecule has 6 nitrogen and oxygen atoms in total. The Morgan fingerprint density at radius 2 is 2.16 bits per heavy atom. The summed E-state index contributed by atoms with van der Waals surface area (Å²) in [6.07, 6.45) is 0.695. The summed E-state index contributed by atoms with van der Waals surface area (Å²) in [6.45, 7) is 0.458. The van der Waals surface area contributed by atoms with Crippen LogP contribution in [-0.4, -0.2) is 52.5 Å². The van der Waals surface area contributed by atoms with Crippen molar-refractivity contribution in [2.75, 3.05) is 24.8 Å². The van der Waals surface area contributed by atoms with E-state index < -0.39 is 6.04 Å². The molecular formula is C17H19N3O3S2. The zero-order valence-electron chi connectivity index (χ0n) is 13.6. The molecule has 0 radical (unpaired) electrons. The van der Waals surface area contributed by atoms with E-state index in [4.69, 9.17) is 4.74 Å². The number of para-hydroxylation sites is 1. The second kappa shape index (κ2) is 8.87. The smallest absolute Gasteiger partial charge is 0.261 e. The lowest BCUT2D eigenvalue weighted by Gasteiger charge is -2.23. The molecule has 0 spiro atoms. The minimum absolute atomic E-state index is 0.0623. The first kappa shape index (κ1) is 17.8. The van der Waals surface area contributed by atoms with Crippen molar-refractivity contribution in [3.05, 3.63) is 46.9 Å². The molecule has 2 amide bonds. The number of hydrogen-bond donors (Lipinski definition) is 1. The lowest BCUT2D eigenvalue weighted by molar-refractivity contribution is -0.139. The van der Waals surface area contributed by atoms with E-state index in [1.165, 1.54) is 11.3 Å². The van der Waals surface area contributed by atoms with Crippen LogP contribution in [-0.2, 0) is 16.0 Å². The van der Waals surface area contributed by atoms with Crippen molar-refractivity contribution in [1.29, 1.82) is 0 Å². The number of benzene rings is 1. The number of carbonyl (C=O) groups excluding carboxylic acids is 2. The van der Waals surface area contributed by atoms with Crippen LogP contribution < -0.4 is 10.1 Å². The van der Waals surface area contributed by atoms with E-state index in [-0.39, 0.29) is 18.4 Å². The maximum atomic E-state index is 12.4. The van der Waals surface area contributed by atoms with Gasteiger partial charge in [-0.2, -0.15) is 0 Å². The molecule has 0 unspecified atom stereocenters. The summed E-state index contributed by atoms with van der Waals surface area (Å²) in [5, 5.41) is 4.87. The van der Waals surface area contributed by atoms with Gasteiger partial charge in [-0.25, -0.2) is 4.98 Å². The molecule has 3 rings (SSSR count). The molecular weight excluding hydrogens is 358 g/mol. The van der Waals surface area contributed by atoms with Crippen LogP contribution in [0.1, 0.15) is 5.69 Å². The molecule has 1 N–H and O–H groups in total. The van der Waals surface area contributed by atoms with Gasteiger partial charge in [0.1, 0.15) is 11.8 Å². The third kappa shape index (κ3) is 4.96. The van der Waals surface area contributed by atoms with Gasteiger partial charge in [0.25, 0.3) is 5.91 Å². The van der Waals surface area contributed by atoms with Crippen molar-refractivity contribution in [3.63, 3.8) is 0 Å². The maximum Gasteiger partial charge on any atom is 0.261 e. The van der Waals surface area contributed by atoms with E-state index in [0.29, 0.717) is 30.3 Å². The molecule has 1 aromatic heterocycles. The van der Waals surface area contributed by atoms with Crippen molar-refractivity contribution < 1.29 is 14.3 Å². The summed E-state index contributed by atoms with van der Waals surface area (Å²) >= 11 is 3.12. The van der Waals surface area contributed by atoms with Crippen molar-refractivity contribution in [1.82, 2.24) is 15.2 Å². The van der Waals surface area contributed by atoms with Gasteiger partial charge in [-0.05, 0) is 12.1 Å². The van der Waals surface area contributed by atoms with Crippen LogP contribution in [0.15, 0.2) is 41.2 Å². The Kier molecular flexibility index (Phi) is 6.30. The second-order valence-electron chi connectivity index (χ2n) is 5.50. The molecule has 1 aromatic carbocycles. The molecule has 8 heteroatoms. The first-order valence-electron chi connectivity index (χ1n) is 7.94. The Balaban J connectivity index is 1.47.